The zero-order valence-corrected chi connectivity index (χ0v) is 54.9. The quantitative estimate of drug-likeness (QED) is 0.0261. The Morgan fingerprint density at radius 1 is 0.241 bits per heavy atom. The fourth-order valence-corrected chi connectivity index (χ4v) is 10.1. The molecule has 0 aliphatic carbocycles. The molecule has 6 heteroatoms. The highest BCUT2D eigenvalue weighted by Crippen LogP contribution is 2.16. The summed E-state index contributed by atoms with van der Waals surface area (Å²) in [7, 11) is 0. The van der Waals surface area contributed by atoms with Crippen molar-refractivity contribution in [3.8, 4) is 0 Å². The highest BCUT2D eigenvalue weighted by molar-refractivity contribution is 5.71. The van der Waals surface area contributed by atoms with Crippen molar-refractivity contribution in [3.05, 3.63) is 97.2 Å². The maximum absolute atomic E-state index is 13.0. The fourth-order valence-electron chi connectivity index (χ4n) is 10.1. The second kappa shape index (κ2) is 70.8. The van der Waals surface area contributed by atoms with Gasteiger partial charge >= 0.3 is 17.9 Å². The average Bonchev–Trinajstić information content (AvgIpc) is 3.49. The first kappa shape index (κ1) is 79.3. The standard InChI is InChI=1S/C77H134O6/c1-4-7-10-13-16-19-22-25-28-31-34-36-37-38-39-41-43-46-49-52-55-58-61-64-67-70-76(79)82-73-74(72-81-75(78)69-66-63-60-57-54-51-48-45-42-33-30-27-24-21-18-15-12-9-6-3)83-77(80)71-68-65-62-59-56-53-50-47-44-40-35-32-29-26-23-20-17-14-11-8-5-2/h18,21-23,25-27,30-32,34-35,37-38,44,47,74H,4-17,19-20,24,28-29,33,36,39-43,45-46,48-73H2,1-3H3/b21-18-,25-22-,26-23-,30-27-,34-31-,35-32-,38-37-,47-44-. The second-order valence-electron chi connectivity index (χ2n) is 23.8. The number of rotatable bonds is 65. The predicted molar refractivity (Wildman–Crippen MR) is 362 cm³/mol. The van der Waals surface area contributed by atoms with E-state index in [1.54, 1.807) is 0 Å². The van der Waals surface area contributed by atoms with Crippen molar-refractivity contribution in [2.24, 2.45) is 0 Å². The summed E-state index contributed by atoms with van der Waals surface area (Å²) in [6.07, 6.45) is 95.6. The number of carbonyl (C=O) groups is 3. The zero-order valence-electron chi connectivity index (χ0n) is 54.9. The van der Waals surface area contributed by atoms with Gasteiger partial charge in [-0.15, -0.1) is 0 Å². The Bertz CT molecular complexity index is 1610. The van der Waals surface area contributed by atoms with E-state index in [0.717, 1.165) is 103 Å². The molecule has 0 aromatic heterocycles. The molecule has 0 bridgehead atoms. The Kier molecular flexibility index (Phi) is 67.7. The topological polar surface area (TPSA) is 78.9 Å². The highest BCUT2D eigenvalue weighted by atomic mass is 16.6. The summed E-state index contributed by atoms with van der Waals surface area (Å²) in [6.45, 7) is 6.62. The van der Waals surface area contributed by atoms with Crippen LogP contribution in [-0.2, 0) is 28.6 Å². The van der Waals surface area contributed by atoms with Crippen molar-refractivity contribution in [3.63, 3.8) is 0 Å². The monoisotopic (exact) mass is 1160 g/mol. The van der Waals surface area contributed by atoms with Crippen molar-refractivity contribution < 1.29 is 28.6 Å². The van der Waals surface area contributed by atoms with Gasteiger partial charge in [0.15, 0.2) is 6.10 Å². The number of unbranched alkanes of at least 4 members (excludes halogenated alkanes) is 38. The lowest BCUT2D eigenvalue weighted by Gasteiger charge is -2.18. The van der Waals surface area contributed by atoms with E-state index in [2.05, 4.69) is 118 Å². The molecule has 0 amide bonds. The van der Waals surface area contributed by atoms with Gasteiger partial charge in [-0.3, -0.25) is 14.4 Å². The highest BCUT2D eigenvalue weighted by Gasteiger charge is 2.19. The number of ether oxygens (including phenoxy) is 3. The van der Waals surface area contributed by atoms with Gasteiger partial charge < -0.3 is 14.2 Å². The van der Waals surface area contributed by atoms with E-state index in [-0.39, 0.29) is 31.1 Å². The predicted octanol–water partition coefficient (Wildman–Crippen LogP) is 24.8. The lowest BCUT2D eigenvalue weighted by molar-refractivity contribution is -0.167. The van der Waals surface area contributed by atoms with Crippen LogP contribution in [0.3, 0.4) is 0 Å². The number of allylic oxidation sites excluding steroid dienone is 16. The van der Waals surface area contributed by atoms with Crippen LogP contribution in [0.4, 0.5) is 0 Å². The van der Waals surface area contributed by atoms with Crippen LogP contribution < -0.4 is 0 Å². The summed E-state index contributed by atoms with van der Waals surface area (Å²) in [6, 6.07) is 0. The molecule has 1 atom stereocenters. The van der Waals surface area contributed by atoms with Crippen LogP contribution in [0.5, 0.6) is 0 Å². The molecule has 0 aromatic carbocycles. The lowest BCUT2D eigenvalue weighted by atomic mass is 10.1. The zero-order chi connectivity index (χ0) is 59.9. The normalized spacial score (nSPS) is 12.7. The Balaban J connectivity index is 4.40. The first-order chi connectivity index (χ1) is 41.0. The molecule has 0 radical (unpaired) electrons. The third kappa shape index (κ3) is 69.0. The van der Waals surface area contributed by atoms with E-state index in [1.165, 1.54) is 212 Å². The summed E-state index contributed by atoms with van der Waals surface area (Å²) in [4.78, 5) is 38.5. The van der Waals surface area contributed by atoms with Crippen LogP contribution in [0.2, 0.25) is 0 Å². The minimum Gasteiger partial charge on any atom is -0.462 e. The maximum Gasteiger partial charge on any atom is 0.306 e. The molecule has 1 unspecified atom stereocenters. The number of hydrogen-bond acceptors (Lipinski definition) is 6. The first-order valence-electron chi connectivity index (χ1n) is 35.7. The Labute approximate surface area is 515 Å². The molecule has 0 aromatic rings. The van der Waals surface area contributed by atoms with Crippen LogP contribution in [-0.4, -0.2) is 37.2 Å². The van der Waals surface area contributed by atoms with Crippen LogP contribution in [0.25, 0.3) is 0 Å². The SMILES string of the molecule is CCCCC/C=C\C/C=C\CCCCCCCCCCCC(=O)OCC(COC(=O)CCCCCCCCCCCC/C=C\C/C=C\C/C=C\CCCCCCC)OC(=O)CCCCCCCC/C=C\C/C=C\C/C=C\CCCCCCC. The Hall–Kier alpha value is -3.67. The molecule has 0 saturated carbocycles. The molecular formula is C77H134O6. The molecule has 6 nitrogen and oxygen atoms in total. The summed E-state index contributed by atoms with van der Waals surface area (Å²) < 4.78 is 17.0. The largest absolute Gasteiger partial charge is 0.462 e. The smallest absolute Gasteiger partial charge is 0.306 e. The Morgan fingerprint density at radius 3 is 0.699 bits per heavy atom. The molecular weight excluding hydrogens is 1020 g/mol. The molecule has 83 heavy (non-hydrogen) atoms. The number of carbonyl (C=O) groups excluding carboxylic acids is 3. The van der Waals surface area contributed by atoms with Gasteiger partial charge in [-0.05, 0) is 128 Å². The Morgan fingerprint density at radius 2 is 0.434 bits per heavy atom. The van der Waals surface area contributed by atoms with E-state index in [4.69, 9.17) is 14.2 Å². The van der Waals surface area contributed by atoms with E-state index >= 15 is 0 Å². The molecule has 478 valence electrons. The molecule has 0 N–H and O–H groups in total. The van der Waals surface area contributed by atoms with Gasteiger partial charge in [-0.2, -0.15) is 0 Å². The third-order valence-electron chi connectivity index (χ3n) is 15.5. The van der Waals surface area contributed by atoms with Gasteiger partial charge in [0.25, 0.3) is 0 Å². The van der Waals surface area contributed by atoms with Gasteiger partial charge in [0.1, 0.15) is 13.2 Å². The molecule has 0 aliphatic rings. The van der Waals surface area contributed by atoms with Crippen LogP contribution in [0.15, 0.2) is 97.2 Å². The number of hydrogen-bond donors (Lipinski definition) is 0. The summed E-state index contributed by atoms with van der Waals surface area (Å²) in [5.74, 6) is -0.890. The van der Waals surface area contributed by atoms with Crippen molar-refractivity contribution >= 4 is 17.9 Å². The molecule has 0 fully saturated rings. The minimum absolute atomic E-state index is 0.0854. The van der Waals surface area contributed by atoms with Gasteiger partial charge in [0, 0.05) is 19.3 Å². The number of esters is 3. The van der Waals surface area contributed by atoms with Crippen LogP contribution in [0.1, 0.15) is 355 Å². The van der Waals surface area contributed by atoms with Crippen molar-refractivity contribution in [2.75, 3.05) is 13.2 Å². The van der Waals surface area contributed by atoms with Crippen molar-refractivity contribution in [1.29, 1.82) is 0 Å². The van der Waals surface area contributed by atoms with Gasteiger partial charge in [-0.25, -0.2) is 0 Å². The molecule has 0 spiro atoms. The van der Waals surface area contributed by atoms with E-state index in [0.29, 0.717) is 19.3 Å². The molecule has 0 rings (SSSR count). The lowest BCUT2D eigenvalue weighted by Crippen LogP contribution is -2.30. The molecule has 0 heterocycles. The van der Waals surface area contributed by atoms with Crippen LogP contribution >= 0.6 is 0 Å². The van der Waals surface area contributed by atoms with Crippen molar-refractivity contribution in [1.82, 2.24) is 0 Å². The van der Waals surface area contributed by atoms with Crippen molar-refractivity contribution in [2.45, 2.75) is 361 Å². The average molecular weight is 1160 g/mol. The minimum atomic E-state index is -0.792. The second-order valence-corrected chi connectivity index (χ2v) is 23.8. The van der Waals surface area contributed by atoms with Crippen LogP contribution in [0, 0.1) is 0 Å². The maximum atomic E-state index is 13.0. The van der Waals surface area contributed by atoms with Gasteiger partial charge in [-0.1, -0.05) is 304 Å². The third-order valence-corrected chi connectivity index (χ3v) is 15.5. The summed E-state index contributed by atoms with van der Waals surface area (Å²) in [5.41, 5.74) is 0. The molecule has 0 aliphatic heterocycles. The van der Waals surface area contributed by atoms with E-state index in [1.807, 2.05) is 0 Å². The van der Waals surface area contributed by atoms with E-state index < -0.39 is 6.10 Å². The van der Waals surface area contributed by atoms with Gasteiger partial charge in [0.2, 0.25) is 0 Å². The summed E-state index contributed by atoms with van der Waals surface area (Å²) in [5, 5.41) is 0. The van der Waals surface area contributed by atoms with Gasteiger partial charge in [0.05, 0.1) is 0 Å². The van der Waals surface area contributed by atoms with E-state index in [9.17, 15) is 14.4 Å². The fraction of sp³-hybridized carbons (Fsp3) is 0.753. The summed E-state index contributed by atoms with van der Waals surface area (Å²) >= 11 is 0. The molecule has 0 saturated heterocycles. The first-order valence-corrected chi connectivity index (χ1v) is 35.7.